The molecule has 130 valence electrons. The van der Waals surface area contributed by atoms with Crippen molar-refractivity contribution in [3.05, 3.63) is 70.9 Å². The average molecular weight is 368 g/mol. The Balaban J connectivity index is 1.82. The van der Waals surface area contributed by atoms with Gasteiger partial charge in [-0.05, 0) is 36.4 Å². The van der Waals surface area contributed by atoms with E-state index in [9.17, 15) is 14.4 Å². The lowest BCUT2D eigenvalue weighted by molar-refractivity contribution is -0.121. The molecule has 7 heteroatoms. The van der Waals surface area contributed by atoms with E-state index in [1.165, 1.54) is 11.9 Å². The van der Waals surface area contributed by atoms with Crippen LogP contribution in [-0.2, 0) is 14.4 Å². The van der Waals surface area contributed by atoms with Crippen molar-refractivity contribution >= 4 is 40.6 Å². The smallest absolute Gasteiger partial charge is 0.266 e. The lowest BCUT2D eigenvalue weighted by atomic mass is 10.1. The second-order valence-corrected chi connectivity index (χ2v) is 6.46. The molecule has 0 bridgehead atoms. The van der Waals surface area contributed by atoms with Crippen LogP contribution in [0, 0.1) is 0 Å². The molecule has 1 saturated heterocycles. The van der Waals surface area contributed by atoms with Crippen molar-refractivity contribution in [2.24, 2.45) is 0 Å². The first-order valence-corrected chi connectivity index (χ1v) is 8.36. The number of anilines is 2. The average Bonchev–Trinajstić information content (AvgIpc) is 3.14. The van der Waals surface area contributed by atoms with Gasteiger partial charge in [0.05, 0.1) is 16.9 Å². The number of carbonyl (C=O) groups is 3. The molecule has 0 radical (unpaired) electrons. The largest absolute Gasteiger partial charge is 0.293 e. The van der Waals surface area contributed by atoms with Gasteiger partial charge in [-0.2, -0.15) is 0 Å². The Hall–Kier alpha value is -3.12. The first kappa shape index (κ1) is 16.4. The lowest BCUT2D eigenvalue weighted by Crippen LogP contribution is -2.46. The number of fused-ring (bicyclic) bond motifs is 1. The van der Waals surface area contributed by atoms with Crippen molar-refractivity contribution in [1.82, 2.24) is 5.43 Å². The normalized spacial score (nSPS) is 19.1. The van der Waals surface area contributed by atoms with Gasteiger partial charge >= 0.3 is 0 Å². The van der Waals surface area contributed by atoms with E-state index in [2.05, 4.69) is 5.43 Å². The summed E-state index contributed by atoms with van der Waals surface area (Å²) in [5.74, 6) is -1.20. The molecule has 2 aromatic rings. The predicted octanol–water partition coefficient (Wildman–Crippen LogP) is 2.45. The van der Waals surface area contributed by atoms with Crippen molar-refractivity contribution in [3.63, 3.8) is 0 Å². The number of Topliss-reactive ketones (excluding diaryl/α,β-unsaturated/α-hetero) is 1. The Labute approximate surface area is 154 Å². The van der Waals surface area contributed by atoms with Crippen LogP contribution in [0.4, 0.5) is 11.4 Å². The van der Waals surface area contributed by atoms with Gasteiger partial charge in [-0.15, -0.1) is 0 Å². The zero-order chi connectivity index (χ0) is 18.4. The highest BCUT2D eigenvalue weighted by molar-refractivity contribution is 6.34. The molecule has 6 nitrogen and oxygen atoms in total. The summed E-state index contributed by atoms with van der Waals surface area (Å²) in [5.41, 5.74) is 4.33. The van der Waals surface area contributed by atoms with Gasteiger partial charge in [0.25, 0.3) is 11.8 Å². The third kappa shape index (κ3) is 2.38. The first-order chi connectivity index (χ1) is 12.5. The summed E-state index contributed by atoms with van der Waals surface area (Å²) in [6.07, 6.45) is 0. The van der Waals surface area contributed by atoms with E-state index in [4.69, 9.17) is 11.6 Å². The molecule has 1 atom stereocenters. The molecule has 0 saturated carbocycles. The number of hydrazine groups is 1. The molecule has 2 amide bonds. The fourth-order valence-corrected chi connectivity index (χ4v) is 3.34. The quantitative estimate of drug-likeness (QED) is 0.844. The zero-order valence-corrected chi connectivity index (χ0v) is 14.5. The Morgan fingerprint density at radius 1 is 1.00 bits per heavy atom. The van der Waals surface area contributed by atoms with E-state index in [1.807, 2.05) is 0 Å². The fourth-order valence-electron chi connectivity index (χ4n) is 3.22. The molecule has 0 aromatic heterocycles. The molecule has 2 aliphatic heterocycles. The van der Waals surface area contributed by atoms with Gasteiger partial charge in [0.2, 0.25) is 0 Å². The highest BCUT2D eigenvalue weighted by Gasteiger charge is 2.53. The summed E-state index contributed by atoms with van der Waals surface area (Å²) < 4.78 is 0. The van der Waals surface area contributed by atoms with Crippen LogP contribution < -0.4 is 15.3 Å². The van der Waals surface area contributed by atoms with Crippen molar-refractivity contribution in [3.8, 4) is 0 Å². The van der Waals surface area contributed by atoms with Crippen LogP contribution in [-0.4, -0.2) is 23.6 Å². The van der Waals surface area contributed by atoms with Crippen LogP contribution in [0.25, 0.3) is 0 Å². The Morgan fingerprint density at radius 3 is 2.27 bits per heavy atom. The summed E-state index contributed by atoms with van der Waals surface area (Å²) in [5, 5.41) is 2.08. The summed E-state index contributed by atoms with van der Waals surface area (Å²) in [6.45, 7) is 1.36. The van der Waals surface area contributed by atoms with E-state index in [1.54, 1.807) is 54.6 Å². The Kier molecular flexibility index (Phi) is 3.77. The summed E-state index contributed by atoms with van der Waals surface area (Å²) in [4.78, 5) is 39.2. The standard InChI is InChI=1S/C19H14ClN3O3/c1-11(24)16-15-17(23(21-16)14-9-7-12(20)8-10-14)19(26)22(18(15)25)13-5-3-2-4-6-13/h2-10,17,21H,1H3. The topological polar surface area (TPSA) is 69.7 Å². The monoisotopic (exact) mass is 367 g/mol. The molecular weight excluding hydrogens is 354 g/mol. The van der Waals surface area contributed by atoms with Crippen LogP contribution >= 0.6 is 11.6 Å². The molecule has 4 rings (SSSR count). The number of benzene rings is 2. The van der Waals surface area contributed by atoms with Crippen LogP contribution in [0.5, 0.6) is 0 Å². The molecular formula is C19H14ClN3O3. The van der Waals surface area contributed by atoms with Gasteiger partial charge in [-0.3, -0.25) is 24.8 Å². The number of nitrogens with zero attached hydrogens (tertiary/aromatic N) is 2. The number of allylic oxidation sites excluding steroid dienone is 1. The maximum Gasteiger partial charge on any atom is 0.266 e. The second-order valence-electron chi connectivity index (χ2n) is 6.02. The number of carbonyl (C=O) groups excluding carboxylic acids is 3. The number of nitrogens with one attached hydrogen (secondary N) is 1. The van der Waals surface area contributed by atoms with Crippen LogP contribution in [0.1, 0.15) is 6.92 Å². The minimum absolute atomic E-state index is 0.140. The van der Waals surface area contributed by atoms with Gasteiger partial charge in [0.1, 0.15) is 5.70 Å². The van der Waals surface area contributed by atoms with Crippen LogP contribution in [0.3, 0.4) is 0 Å². The molecule has 0 aliphatic carbocycles. The van der Waals surface area contributed by atoms with Crippen molar-refractivity contribution in [2.75, 3.05) is 9.91 Å². The SMILES string of the molecule is CC(=O)C1=C2C(=O)N(c3ccccc3)C(=O)C2N(c2ccc(Cl)cc2)N1. The number of para-hydroxylation sites is 1. The number of halogens is 1. The van der Waals surface area contributed by atoms with E-state index >= 15 is 0 Å². The van der Waals surface area contributed by atoms with Gasteiger partial charge in [-0.25, -0.2) is 4.90 Å². The second kappa shape index (κ2) is 6.00. The van der Waals surface area contributed by atoms with Crippen molar-refractivity contribution in [2.45, 2.75) is 13.0 Å². The highest BCUT2D eigenvalue weighted by atomic mass is 35.5. The molecule has 1 unspecified atom stereocenters. The number of imide groups is 1. The van der Waals surface area contributed by atoms with Crippen molar-refractivity contribution < 1.29 is 14.4 Å². The van der Waals surface area contributed by atoms with Gasteiger partial charge in [-0.1, -0.05) is 29.8 Å². The van der Waals surface area contributed by atoms with Gasteiger partial charge in [0.15, 0.2) is 11.8 Å². The predicted molar refractivity (Wildman–Crippen MR) is 97.5 cm³/mol. The van der Waals surface area contributed by atoms with Crippen molar-refractivity contribution in [1.29, 1.82) is 0 Å². The summed E-state index contributed by atoms with van der Waals surface area (Å²) >= 11 is 5.93. The number of rotatable bonds is 3. The minimum atomic E-state index is -0.900. The van der Waals surface area contributed by atoms with Crippen LogP contribution in [0.15, 0.2) is 65.9 Å². The maximum absolute atomic E-state index is 13.1. The molecule has 2 aliphatic rings. The maximum atomic E-state index is 13.1. The number of amides is 2. The number of ketones is 1. The molecule has 2 heterocycles. The molecule has 0 spiro atoms. The zero-order valence-electron chi connectivity index (χ0n) is 13.8. The van der Waals surface area contributed by atoms with E-state index in [-0.39, 0.29) is 17.1 Å². The number of hydrogen-bond donors (Lipinski definition) is 1. The number of hydrogen-bond acceptors (Lipinski definition) is 5. The van der Waals surface area contributed by atoms with E-state index < -0.39 is 17.9 Å². The molecule has 2 aromatic carbocycles. The first-order valence-electron chi connectivity index (χ1n) is 7.99. The fraction of sp³-hybridized carbons (Fsp3) is 0.105. The summed E-state index contributed by atoms with van der Waals surface area (Å²) in [6, 6.07) is 14.6. The van der Waals surface area contributed by atoms with Crippen LogP contribution in [0.2, 0.25) is 5.02 Å². The van der Waals surface area contributed by atoms with E-state index in [0.29, 0.717) is 16.4 Å². The highest BCUT2D eigenvalue weighted by Crippen LogP contribution is 2.36. The van der Waals surface area contributed by atoms with E-state index in [0.717, 1.165) is 4.90 Å². The molecule has 1 N–H and O–H groups in total. The van der Waals surface area contributed by atoms with Gasteiger partial charge in [0, 0.05) is 11.9 Å². The third-order valence-corrected chi connectivity index (χ3v) is 4.64. The third-order valence-electron chi connectivity index (χ3n) is 4.39. The minimum Gasteiger partial charge on any atom is -0.293 e. The van der Waals surface area contributed by atoms with Gasteiger partial charge < -0.3 is 0 Å². The lowest BCUT2D eigenvalue weighted by Gasteiger charge is -2.26. The Bertz CT molecular complexity index is 954. The molecule has 26 heavy (non-hydrogen) atoms. The Morgan fingerprint density at radius 2 is 1.65 bits per heavy atom. The molecule has 1 fully saturated rings. The summed E-state index contributed by atoms with van der Waals surface area (Å²) in [7, 11) is 0.